The van der Waals surface area contributed by atoms with E-state index in [1.54, 1.807) is 17.8 Å². The number of carbonyl (C=O) groups is 1. The highest BCUT2D eigenvalue weighted by atomic mass is 35.5. The molecule has 2 aromatic heterocycles. The van der Waals surface area contributed by atoms with E-state index in [-0.39, 0.29) is 24.4 Å². The summed E-state index contributed by atoms with van der Waals surface area (Å²) in [7, 11) is 1.66. The second kappa shape index (κ2) is 7.76. The zero-order chi connectivity index (χ0) is 17.2. The molecule has 0 saturated carbocycles. The number of rotatable bonds is 3. The van der Waals surface area contributed by atoms with Gasteiger partial charge in [0, 0.05) is 31.4 Å². The molecule has 1 saturated heterocycles. The fourth-order valence-electron chi connectivity index (χ4n) is 3.42. The molecular weight excluding hydrogens is 352 g/mol. The van der Waals surface area contributed by atoms with E-state index in [1.807, 2.05) is 53.6 Å². The molecule has 1 fully saturated rings. The summed E-state index contributed by atoms with van der Waals surface area (Å²) in [6.07, 6.45) is 3.50. The zero-order valence-electron chi connectivity index (χ0n) is 14.5. The van der Waals surface area contributed by atoms with Gasteiger partial charge in [0.1, 0.15) is 5.75 Å². The van der Waals surface area contributed by atoms with Gasteiger partial charge in [-0.3, -0.25) is 4.79 Å². The molecule has 136 valence electrons. The molecule has 3 aromatic rings. The molecule has 6 nitrogen and oxygen atoms in total. The molecule has 0 aliphatic carbocycles. The molecule has 0 radical (unpaired) electrons. The highest BCUT2D eigenvalue weighted by molar-refractivity contribution is 6.00. The lowest BCUT2D eigenvalue weighted by Crippen LogP contribution is -2.48. The van der Waals surface area contributed by atoms with Crippen molar-refractivity contribution in [3.63, 3.8) is 0 Å². The van der Waals surface area contributed by atoms with Crippen molar-refractivity contribution >= 4 is 23.8 Å². The molecule has 1 unspecified atom stereocenters. The van der Waals surface area contributed by atoms with Gasteiger partial charge in [0.25, 0.3) is 5.91 Å². The van der Waals surface area contributed by atoms with E-state index in [0.717, 1.165) is 23.4 Å². The third kappa shape index (κ3) is 3.13. The maximum atomic E-state index is 13.3. The number of benzene rings is 1. The minimum atomic E-state index is -0.0731. The van der Waals surface area contributed by atoms with Crippen LogP contribution >= 0.6 is 12.4 Å². The Hall–Kier alpha value is -2.57. The second-order valence-corrected chi connectivity index (χ2v) is 6.05. The van der Waals surface area contributed by atoms with E-state index in [4.69, 9.17) is 4.74 Å². The zero-order valence-corrected chi connectivity index (χ0v) is 15.3. The van der Waals surface area contributed by atoms with Crippen molar-refractivity contribution in [3.05, 3.63) is 66.0 Å². The molecule has 1 N–H and O–H groups in total. The van der Waals surface area contributed by atoms with Crippen molar-refractivity contribution in [2.24, 2.45) is 0 Å². The Labute approximate surface area is 158 Å². The Bertz CT molecular complexity index is 911. The third-order valence-electron chi connectivity index (χ3n) is 4.66. The number of nitrogens with one attached hydrogen (secondary N) is 1. The van der Waals surface area contributed by atoms with Crippen LogP contribution in [-0.2, 0) is 0 Å². The van der Waals surface area contributed by atoms with E-state index < -0.39 is 0 Å². The lowest BCUT2D eigenvalue weighted by atomic mass is 10.0. The molecule has 1 amide bonds. The SMILES string of the molecule is COc1ccccc1C1CNCCN1C(=O)c1cnn2ccccc12.Cl. The molecule has 7 heteroatoms. The number of amides is 1. The van der Waals surface area contributed by atoms with E-state index in [9.17, 15) is 4.79 Å². The van der Waals surface area contributed by atoms with Gasteiger partial charge in [-0.05, 0) is 18.2 Å². The quantitative estimate of drug-likeness (QED) is 0.767. The Morgan fingerprint density at radius 2 is 2.04 bits per heavy atom. The van der Waals surface area contributed by atoms with Crippen LogP contribution in [-0.4, -0.2) is 47.2 Å². The van der Waals surface area contributed by atoms with Crippen LogP contribution in [0.1, 0.15) is 22.0 Å². The third-order valence-corrected chi connectivity index (χ3v) is 4.66. The Morgan fingerprint density at radius 1 is 1.23 bits per heavy atom. The number of hydrogen-bond acceptors (Lipinski definition) is 4. The lowest BCUT2D eigenvalue weighted by molar-refractivity contribution is 0.0633. The highest BCUT2D eigenvalue weighted by Crippen LogP contribution is 2.31. The first-order chi connectivity index (χ1) is 12.3. The first-order valence-electron chi connectivity index (χ1n) is 8.36. The number of fused-ring (bicyclic) bond motifs is 1. The summed E-state index contributed by atoms with van der Waals surface area (Å²) in [5.41, 5.74) is 2.47. The average molecular weight is 373 g/mol. The van der Waals surface area contributed by atoms with Gasteiger partial charge in [-0.15, -0.1) is 12.4 Å². The summed E-state index contributed by atoms with van der Waals surface area (Å²) in [6, 6.07) is 13.5. The minimum absolute atomic E-state index is 0. The average Bonchev–Trinajstić information content (AvgIpc) is 3.11. The predicted octanol–water partition coefficient (Wildman–Crippen LogP) is 2.55. The Morgan fingerprint density at radius 3 is 2.88 bits per heavy atom. The van der Waals surface area contributed by atoms with Crippen LogP contribution in [0, 0.1) is 0 Å². The number of hydrogen-bond donors (Lipinski definition) is 1. The number of ether oxygens (including phenoxy) is 1. The van der Waals surface area contributed by atoms with Crippen LogP contribution in [0.4, 0.5) is 0 Å². The number of halogens is 1. The van der Waals surface area contributed by atoms with Gasteiger partial charge in [-0.1, -0.05) is 24.3 Å². The van der Waals surface area contributed by atoms with E-state index >= 15 is 0 Å². The number of pyridine rings is 1. The van der Waals surface area contributed by atoms with Crippen molar-refractivity contribution in [1.82, 2.24) is 19.8 Å². The van der Waals surface area contributed by atoms with Crippen LogP contribution in [0.3, 0.4) is 0 Å². The molecular formula is C19H21ClN4O2. The number of para-hydroxylation sites is 1. The summed E-state index contributed by atoms with van der Waals surface area (Å²) in [5.74, 6) is 0.799. The smallest absolute Gasteiger partial charge is 0.258 e. The molecule has 4 rings (SSSR count). The number of nitrogens with zero attached hydrogens (tertiary/aromatic N) is 3. The fourth-order valence-corrected chi connectivity index (χ4v) is 3.42. The van der Waals surface area contributed by atoms with E-state index in [2.05, 4.69) is 10.4 Å². The van der Waals surface area contributed by atoms with E-state index in [0.29, 0.717) is 18.7 Å². The normalized spacial score (nSPS) is 17.0. The molecule has 26 heavy (non-hydrogen) atoms. The molecule has 0 spiro atoms. The maximum absolute atomic E-state index is 13.3. The molecule has 0 bridgehead atoms. The summed E-state index contributed by atoms with van der Waals surface area (Å²) in [4.78, 5) is 15.2. The van der Waals surface area contributed by atoms with Crippen LogP contribution in [0.25, 0.3) is 5.52 Å². The van der Waals surface area contributed by atoms with Gasteiger partial charge < -0.3 is 15.0 Å². The highest BCUT2D eigenvalue weighted by Gasteiger charge is 2.31. The van der Waals surface area contributed by atoms with Crippen LogP contribution in [0.15, 0.2) is 54.9 Å². The van der Waals surface area contributed by atoms with Crippen molar-refractivity contribution in [2.75, 3.05) is 26.7 Å². The summed E-state index contributed by atoms with van der Waals surface area (Å²) >= 11 is 0. The second-order valence-electron chi connectivity index (χ2n) is 6.05. The summed E-state index contributed by atoms with van der Waals surface area (Å²) in [6.45, 7) is 2.12. The van der Waals surface area contributed by atoms with Crippen molar-refractivity contribution in [1.29, 1.82) is 0 Å². The largest absolute Gasteiger partial charge is 0.496 e. The Kier molecular flexibility index (Phi) is 5.44. The molecule has 3 heterocycles. The van der Waals surface area contributed by atoms with E-state index in [1.165, 1.54) is 0 Å². The molecule has 1 atom stereocenters. The standard InChI is InChI=1S/C19H20N4O2.ClH/c1-25-18-8-3-2-6-14(18)17-13-20-9-11-22(17)19(24)15-12-21-23-10-5-4-7-16(15)23;/h2-8,10,12,17,20H,9,11,13H2,1H3;1H. The topological polar surface area (TPSA) is 58.9 Å². The van der Waals surface area contributed by atoms with Crippen molar-refractivity contribution in [2.45, 2.75) is 6.04 Å². The molecule has 1 aliphatic rings. The molecule has 1 aliphatic heterocycles. The van der Waals surface area contributed by atoms with Crippen LogP contribution < -0.4 is 10.1 Å². The minimum Gasteiger partial charge on any atom is -0.496 e. The first-order valence-corrected chi connectivity index (χ1v) is 8.36. The molecule has 1 aromatic carbocycles. The van der Waals surface area contributed by atoms with Gasteiger partial charge in [0.05, 0.1) is 30.4 Å². The Balaban J connectivity index is 0.00000196. The summed E-state index contributed by atoms with van der Waals surface area (Å²) < 4.78 is 7.24. The van der Waals surface area contributed by atoms with Crippen LogP contribution in [0.2, 0.25) is 0 Å². The van der Waals surface area contributed by atoms with Gasteiger partial charge in [0.15, 0.2) is 0 Å². The number of methoxy groups -OCH3 is 1. The summed E-state index contributed by atoms with van der Waals surface area (Å²) in [5, 5.41) is 7.68. The van der Waals surface area contributed by atoms with Gasteiger partial charge in [0.2, 0.25) is 0 Å². The number of aromatic nitrogens is 2. The van der Waals surface area contributed by atoms with Gasteiger partial charge >= 0.3 is 0 Å². The monoisotopic (exact) mass is 372 g/mol. The number of carbonyl (C=O) groups excluding carboxylic acids is 1. The van der Waals surface area contributed by atoms with Gasteiger partial charge in [-0.25, -0.2) is 4.52 Å². The predicted molar refractivity (Wildman–Crippen MR) is 102 cm³/mol. The van der Waals surface area contributed by atoms with Crippen LogP contribution in [0.5, 0.6) is 5.75 Å². The fraction of sp³-hybridized carbons (Fsp3) is 0.263. The van der Waals surface area contributed by atoms with Gasteiger partial charge in [-0.2, -0.15) is 5.10 Å². The number of piperazine rings is 1. The van der Waals surface area contributed by atoms with Crippen molar-refractivity contribution in [3.8, 4) is 5.75 Å². The first kappa shape index (κ1) is 18.2. The lowest BCUT2D eigenvalue weighted by Gasteiger charge is -2.37. The maximum Gasteiger partial charge on any atom is 0.258 e. The van der Waals surface area contributed by atoms with Crippen molar-refractivity contribution < 1.29 is 9.53 Å².